The molecule has 5 rings (SSSR count). The lowest BCUT2D eigenvalue weighted by Crippen LogP contribution is -1.94. The number of H-pyrrole nitrogens is 1. The van der Waals surface area contributed by atoms with Gasteiger partial charge in [0.25, 0.3) is 0 Å². The molecule has 5 nitrogen and oxygen atoms in total. The molecule has 5 aromatic rings. The van der Waals surface area contributed by atoms with Gasteiger partial charge in [0.05, 0.1) is 7.11 Å². The predicted molar refractivity (Wildman–Crippen MR) is 107 cm³/mol. The maximum absolute atomic E-state index is 5.76. The zero-order valence-electron chi connectivity index (χ0n) is 14.7. The van der Waals surface area contributed by atoms with Gasteiger partial charge in [0.1, 0.15) is 5.75 Å². The molecule has 27 heavy (non-hydrogen) atoms. The molecule has 0 atom stereocenters. The maximum Gasteiger partial charge on any atom is 0.205 e. The molecule has 1 aromatic heterocycles. The van der Waals surface area contributed by atoms with E-state index in [4.69, 9.17) is 4.74 Å². The summed E-state index contributed by atoms with van der Waals surface area (Å²) in [6.45, 7) is 0. The van der Waals surface area contributed by atoms with Crippen molar-refractivity contribution in [2.24, 2.45) is 0 Å². The van der Waals surface area contributed by atoms with Crippen LogP contribution in [0.5, 0.6) is 5.75 Å². The molecule has 0 spiro atoms. The summed E-state index contributed by atoms with van der Waals surface area (Å²) >= 11 is 0. The molecule has 0 unspecified atom stereocenters. The van der Waals surface area contributed by atoms with E-state index < -0.39 is 0 Å². The van der Waals surface area contributed by atoms with Gasteiger partial charge in [-0.25, -0.2) is 0 Å². The van der Waals surface area contributed by atoms with Gasteiger partial charge in [-0.3, -0.25) is 0 Å². The molecule has 0 aliphatic rings. The fraction of sp³-hybridized carbons (Fsp3) is 0.0455. The quantitative estimate of drug-likeness (QED) is 0.504. The van der Waals surface area contributed by atoms with Crippen LogP contribution in [0.2, 0.25) is 0 Å². The van der Waals surface area contributed by atoms with Crippen LogP contribution in [0.3, 0.4) is 0 Å². The van der Waals surface area contributed by atoms with Crippen LogP contribution in [0.1, 0.15) is 0 Å². The SMILES string of the molecule is COc1ccc2ccccc2c1-c1c(-c2nn[nH]n2)ccc2ccccc12. The Kier molecular flexibility index (Phi) is 3.57. The van der Waals surface area contributed by atoms with Crippen molar-refractivity contribution in [2.75, 3.05) is 7.11 Å². The number of tetrazole rings is 1. The fourth-order valence-electron chi connectivity index (χ4n) is 3.68. The van der Waals surface area contributed by atoms with E-state index in [1.165, 1.54) is 0 Å². The first-order valence-electron chi connectivity index (χ1n) is 8.68. The minimum absolute atomic E-state index is 0.561. The summed E-state index contributed by atoms with van der Waals surface area (Å²) < 4.78 is 5.76. The Labute approximate surface area is 155 Å². The van der Waals surface area contributed by atoms with E-state index in [2.05, 4.69) is 57.0 Å². The number of nitrogens with one attached hydrogen (secondary N) is 1. The highest BCUT2D eigenvalue weighted by molar-refractivity contribution is 6.11. The first-order chi connectivity index (χ1) is 13.4. The third-order valence-electron chi connectivity index (χ3n) is 4.88. The van der Waals surface area contributed by atoms with E-state index in [0.717, 1.165) is 44.0 Å². The Morgan fingerprint density at radius 2 is 1.41 bits per heavy atom. The third-order valence-corrected chi connectivity index (χ3v) is 4.88. The molecular weight excluding hydrogens is 336 g/mol. The second-order valence-corrected chi connectivity index (χ2v) is 6.31. The van der Waals surface area contributed by atoms with Crippen molar-refractivity contribution in [2.45, 2.75) is 0 Å². The lowest BCUT2D eigenvalue weighted by atomic mass is 9.89. The maximum atomic E-state index is 5.76. The van der Waals surface area contributed by atoms with Crippen molar-refractivity contribution < 1.29 is 4.74 Å². The third kappa shape index (κ3) is 2.44. The van der Waals surface area contributed by atoms with E-state index in [1.807, 2.05) is 36.4 Å². The van der Waals surface area contributed by atoms with Gasteiger partial charge in [0.15, 0.2) is 0 Å². The normalized spacial score (nSPS) is 11.1. The molecule has 130 valence electrons. The van der Waals surface area contributed by atoms with Crippen LogP contribution in [-0.4, -0.2) is 27.7 Å². The van der Waals surface area contributed by atoms with Crippen molar-refractivity contribution in [1.29, 1.82) is 0 Å². The minimum Gasteiger partial charge on any atom is -0.496 e. The minimum atomic E-state index is 0.561. The molecule has 0 bridgehead atoms. The molecule has 0 fully saturated rings. The van der Waals surface area contributed by atoms with Crippen molar-refractivity contribution in [3.63, 3.8) is 0 Å². The second kappa shape index (κ2) is 6.21. The number of hydrogen-bond donors (Lipinski definition) is 1. The Hall–Kier alpha value is -3.73. The van der Waals surface area contributed by atoms with E-state index in [9.17, 15) is 0 Å². The number of benzene rings is 4. The van der Waals surface area contributed by atoms with Crippen LogP contribution in [0.25, 0.3) is 44.1 Å². The van der Waals surface area contributed by atoms with Crippen molar-refractivity contribution in [3.8, 4) is 28.3 Å². The first kappa shape index (κ1) is 15.5. The van der Waals surface area contributed by atoms with E-state index in [-0.39, 0.29) is 0 Å². The number of aromatic amines is 1. The first-order valence-corrected chi connectivity index (χ1v) is 8.68. The van der Waals surface area contributed by atoms with Crippen LogP contribution >= 0.6 is 0 Å². The summed E-state index contributed by atoms with van der Waals surface area (Å²) in [5.41, 5.74) is 2.99. The second-order valence-electron chi connectivity index (χ2n) is 6.31. The Bertz CT molecular complexity index is 1260. The highest BCUT2D eigenvalue weighted by Gasteiger charge is 2.20. The summed E-state index contributed by atoms with van der Waals surface area (Å²) in [5, 5.41) is 19.3. The van der Waals surface area contributed by atoms with Crippen LogP contribution in [-0.2, 0) is 0 Å². The number of nitrogens with zero attached hydrogens (tertiary/aromatic N) is 3. The summed E-state index contributed by atoms with van der Waals surface area (Å²) in [6.07, 6.45) is 0. The number of fused-ring (bicyclic) bond motifs is 2. The summed E-state index contributed by atoms with van der Waals surface area (Å²) in [5.74, 6) is 1.38. The van der Waals surface area contributed by atoms with Gasteiger partial charge in [-0.2, -0.15) is 5.21 Å². The molecule has 0 saturated heterocycles. The van der Waals surface area contributed by atoms with Crippen LogP contribution in [0, 0.1) is 0 Å². The number of ether oxygens (including phenoxy) is 1. The van der Waals surface area contributed by atoms with Gasteiger partial charge < -0.3 is 4.74 Å². The topological polar surface area (TPSA) is 63.7 Å². The zero-order chi connectivity index (χ0) is 18.2. The predicted octanol–water partition coefficient (Wildman–Crippen LogP) is 4.85. The Morgan fingerprint density at radius 1 is 0.741 bits per heavy atom. The lowest BCUT2D eigenvalue weighted by Gasteiger charge is -2.17. The number of methoxy groups -OCH3 is 1. The average molecular weight is 352 g/mol. The Morgan fingerprint density at radius 3 is 2.07 bits per heavy atom. The van der Waals surface area contributed by atoms with Crippen LogP contribution in [0.15, 0.2) is 72.8 Å². The zero-order valence-corrected chi connectivity index (χ0v) is 14.7. The van der Waals surface area contributed by atoms with Gasteiger partial charge in [0.2, 0.25) is 5.82 Å². The molecule has 0 saturated carbocycles. The van der Waals surface area contributed by atoms with Gasteiger partial charge in [-0.1, -0.05) is 60.7 Å². The molecule has 0 aliphatic carbocycles. The molecule has 4 aromatic carbocycles. The van der Waals surface area contributed by atoms with Gasteiger partial charge >= 0.3 is 0 Å². The van der Waals surface area contributed by atoms with Crippen molar-refractivity contribution in [3.05, 3.63) is 72.8 Å². The van der Waals surface area contributed by atoms with Crippen LogP contribution in [0.4, 0.5) is 0 Å². The van der Waals surface area contributed by atoms with E-state index >= 15 is 0 Å². The van der Waals surface area contributed by atoms with Gasteiger partial charge in [0, 0.05) is 16.7 Å². The smallest absolute Gasteiger partial charge is 0.205 e. The number of rotatable bonds is 3. The van der Waals surface area contributed by atoms with Gasteiger partial charge in [-0.15, -0.1) is 10.2 Å². The average Bonchev–Trinajstić information content (AvgIpc) is 3.27. The summed E-state index contributed by atoms with van der Waals surface area (Å²) in [7, 11) is 1.70. The van der Waals surface area contributed by atoms with Gasteiger partial charge in [-0.05, 0) is 38.9 Å². The molecule has 0 radical (unpaired) electrons. The molecular formula is C22H16N4O. The highest BCUT2D eigenvalue weighted by atomic mass is 16.5. The number of hydrogen-bond acceptors (Lipinski definition) is 4. The van der Waals surface area contributed by atoms with E-state index in [1.54, 1.807) is 7.11 Å². The largest absolute Gasteiger partial charge is 0.496 e. The summed E-state index contributed by atoms with van der Waals surface area (Å²) in [6, 6.07) is 24.9. The van der Waals surface area contributed by atoms with E-state index in [0.29, 0.717) is 5.82 Å². The fourth-order valence-corrected chi connectivity index (χ4v) is 3.68. The van der Waals surface area contributed by atoms with Crippen molar-refractivity contribution >= 4 is 21.5 Å². The standard InChI is InChI=1S/C22H16N4O/c1-27-19-13-11-15-7-3-5-9-17(15)21(19)20-16-8-4-2-6-14(16)10-12-18(20)22-23-25-26-24-22/h2-13H,1H3,(H,23,24,25,26). The summed E-state index contributed by atoms with van der Waals surface area (Å²) in [4.78, 5) is 0. The molecule has 5 heteroatoms. The molecule has 0 aliphatic heterocycles. The van der Waals surface area contributed by atoms with Crippen LogP contribution < -0.4 is 4.74 Å². The number of aromatic nitrogens is 4. The molecule has 1 N–H and O–H groups in total. The Balaban J connectivity index is 1.99. The lowest BCUT2D eigenvalue weighted by molar-refractivity contribution is 0.417. The molecule has 0 amide bonds. The highest BCUT2D eigenvalue weighted by Crippen LogP contribution is 2.44. The van der Waals surface area contributed by atoms with Crippen molar-refractivity contribution in [1.82, 2.24) is 20.6 Å². The monoisotopic (exact) mass is 352 g/mol. The molecule has 1 heterocycles.